The summed E-state index contributed by atoms with van der Waals surface area (Å²) in [6.07, 6.45) is 4.65. The molecule has 5 rings (SSSR count). The molecule has 5 heterocycles. The summed E-state index contributed by atoms with van der Waals surface area (Å²) < 4.78 is 11.4. The van der Waals surface area contributed by atoms with Crippen molar-refractivity contribution >= 4 is 23.4 Å². The first-order valence-corrected chi connectivity index (χ1v) is 8.94. The van der Waals surface area contributed by atoms with E-state index in [-0.39, 0.29) is 0 Å². The third kappa shape index (κ3) is 2.30. The normalized spacial score (nSPS) is 35.9. The van der Waals surface area contributed by atoms with Gasteiger partial charge in [0.1, 0.15) is 11.0 Å². The van der Waals surface area contributed by atoms with E-state index in [1.807, 2.05) is 6.07 Å². The van der Waals surface area contributed by atoms with Gasteiger partial charge in [-0.15, -0.1) is 0 Å². The van der Waals surface area contributed by atoms with Crippen molar-refractivity contribution in [2.45, 2.75) is 49.9 Å². The average Bonchev–Trinajstić information content (AvgIpc) is 2.95. The average molecular weight is 337 g/mol. The summed E-state index contributed by atoms with van der Waals surface area (Å²) in [5.41, 5.74) is 0. The number of morpholine rings is 2. The minimum Gasteiger partial charge on any atom is -0.377 e. The first kappa shape index (κ1) is 14.3. The number of anilines is 2. The van der Waals surface area contributed by atoms with Gasteiger partial charge in [-0.05, 0) is 25.7 Å². The summed E-state index contributed by atoms with van der Waals surface area (Å²) in [6.45, 7) is 3.11. The van der Waals surface area contributed by atoms with Gasteiger partial charge in [-0.1, -0.05) is 11.6 Å². The molecule has 0 aromatic carbocycles. The molecule has 0 spiro atoms. The van der Waals surface area contributed by atoms with Crippen molar-refractivity contribution in [3.8, 4) is 0 Å². The summed E-state index contributed by atoms with van der Waals surface area (Å²) >= 11 is 6.35. The molecule has 0 aliphatic carbocycles. The molecule has 6 nitrogen and oxygen atoms in total. The van der Waals surface area contributed by atoms with Gasteiger partial charge >= 0.3 is 0 Å². The minimum absolute atomic E-state index is 0.390. The molecule has 23 heavy (non-hydrogen) atoms. The van der Waals surface area contributed by atoms with Gasteiger partial charge in [-0.2, -0.15) is 4.98 Å². The first-order chi connectivity index (χ1) is 11.3. The first-order valence-electron chi connectivity index (χ1n) is 8.56. The molecule has 4 atom stereocenters. The van der Waals surface area contributed by atoms with E-state index in [4.69, 9.17) is 26.1 Å². The molecule has 4 unspecified atom stereocenters. The Bertz CT molecular complexity index is 535. The predicted molar refractivity (Wildman–Crippen MR) is 87.3 cm³/mol. The molecular weight excluding hydrogens is 316 g/mol. The molecule has 4 fully saturated rings. The zero-order chi connectivity index (χ0) is 15.4. The molecule has 4 bridgehead atoms. The second-order valence-electron chi connectivity index (χ2n) is 7.01. The number of aromatic nitrogens is 2. The molecule has 4 aliphatic rings. The lowest BCUT2D eigenvalue weighted by Crippen LogP contribution is -2.48. The number of halogens is 1. The summed E-state index contributed by atoms with van der Waals surface area (Å²) in [5.74, 6) is 1.73. The van der Waals surface area contributed by atoms with Crippen LogP contribution < -0.4 is 9.80 Å². The van der Waals surface area contributed by atoms with Crippen LogP contribution >= 0.6 is 11.6 Å². The third-order valence-corrected chi connectivity index (χ3v) is 5.84. The van der Waals surface area contributed by atoms with Gasteiger partial charge in [-0.3, -0.25) is 0 Å². The maximum absolute atomic E-state index is 6.35. The van der Waals surface area contributed by atoms with E-state index in [0.29, 0.717) is 29.3 Å². The van der Waals surface area contributed by atoms with Crippen molar-refractivity contribution in [3.63, 3.8) is 0 Å². The fraction of sp³-hybridized carbons (Fsp3) is 0.750. The molecule has 4 saturated heterocycles. The minimum atomic E-state index is 0.390. The summed E-state index contributed by atoms with van der Waals surface area (Å²) in [5, 5.41) is 0.529. The maximum Gasteiger partial charge on any atom is 0.229 e. The zero-order valence-corrected chi connectivity index (χ0v) is 13.8. The van der Waals surface area contributed by atoms with Crippen molar-refractivity contribution in [3.05, 3.63) is 11.2 Å². The number of fused-ring (bicyclic) bond motifs is 4. The van der Waals surface area contributed by atoms with Crippen molar-refractivity contribution < 1.29 is 9.47 Å². The lowest BCUT2D eigenvalue weighted by atomic mass is 10.2. The smallest absolute Gasteiger partial charge is 0.229 e. The Hall–Kier alpha value is -1.11. The number of hydrogen-bond acceptors (Lipinski definition) is 6. The van der Waals surface area contributed by atoms with Crippen molar-refractivity contribution in [1.82, 2.24) is 9.97 Å². The molecule has 0 amide bonds. The van der Waals surface area contributed by atoms with E-state index < -0.39 is 0 Å². The number of rotatable bonds is 2. The van der Waals surface area contributed by atoms with Crippen LogP contribution in [0.5, 0.6) is 0 Å². The van der Waals surface area contributed by atoms with Crippen LogP contribution in [0.4, 0.5) is 11.8 Å². The van der Waals surface area contributed by atoms with Gasteiger partial charge in [0.25, 0.3) is 0 Å². The quantitative estimate of drug-likeness (QED) is 0.768. The monoisotopic (exact) mass is 336 g/mol. The summed E-state index contributed by atoms with van der Waals surface area (Å²) in [4.78, 5) is 14.2. The standard InChI is InChI=1S/C16H21ClN4O2/c17-14-5-15(20-10-1-2-11(20)7-22-6-10)19-16(18-14)21-12-3-4-13(21)9-23-8-12/h5,10-13H,1-4,6-9H2. The molecule has 1 aromatic heterocycles. The highest BCUT2D eigenvalue weighted by atomic mass is 35.5. The maximum atomic E-state index is 6.35. The highest BCUT2D eigenvalue weighted by molar-refractivity contribution is 6.29. The van der Waals surface area contributed by atoms with Gasteiger partial charge in [0.2, 0.25) is 5.95 Å². The van der Waals surface area contributed by atoms with Crippen LogP contribution in [0.15, 0.2) is 6.07 Å². The molecule has 0 radical (unpaired) electrons. The van der Waals surface area contributed by atoms with Gasteiger partial charge in [-0.25, -0.2) is 4.98 Å². The molecule has 4 aliphatic heterocycles. The van der Waals surface area contributed by atoms with Gasteiger partial charge < -0.3 is 19.3 Å². The number of nitrogens with zero attached hydrogens (tertiary/aromatic N) is 4. The SMILES string of the molecule is Clc1cc(N2C3CCC2COC3)nc(N2C3CCC2COC3)n1. The topological polar surface area (TPSA) is 50.7 Å². The highest BCUT2D eigenvalue weighted by Gasteiger charge is 2.41. The second-order valence-corrected chi connectivity index (χ2v) is 7.40. The van der Waals surface area contributed by atoms with Gasteiger partial charge in [0.15, 0.2) is 0 Å². The van der Waals surface area contributed by atoms with Crippen molar-refractivity contribution in [1.29, 1.82) is 0 Å². The molecule has 1 aromatic rings. The highest BCUT2D eigenvalue weighted by Crippen LogP contribution is 2.37. The number of hydrogen-bond donors (Lipinski definition) is 0. The van der Waals surface area contributed by atoms with Crippen LogP contribution in [0.2, 0.25) is 5.15 Å². The second kappa shape index (κ2) is 5.46. The Kier molecular flexibility index (Phi) is 3.39. The molecular formula is C16H21ClN4O2. The van der Waals surface area contributed by atoms with Crippen molar-refractivity contribution in [2.75, 3.05) is 36.2 Å². The molecule has 0 saturated carbocycles. The molecule has 124 valence electrons. The third-order valence-electron chi connectivity index (χ3n) is 5.65. The van der Waals surface area contributed by atoms with E-state index >= 15 is 0 Å². The summed E-state index contributed by atoms with van der Waals surface area (Å²) in [7, 11) is 0. The van der Waals surface area contributed by atoms with E-state index in [0.717, 1.165) is 51.0 Å². The van der Waals surface area contributed by atoms with E-state index in [2.05, 4.69) is 14.8 Å². The van der Waals surface area contributed by atoms with E-state index in [1.54, 1.807) is 0 Å². The predicted octanol–water partition coefficient (Wildman–Crippen LogP) is 1.87. The Morgan fingerprint density at radius 2 is 1.35 bits per heavy atom. The fourth-order valence-corrected chi connectivity index (χ4v) is 4.77. The Morgan fingerprint density at radius 1 is 0.826 bits per heavy atom. The van der Waals surface area contributed by atoms with Crippen LogP contribution in [-0.4, -0.2) is 60.6 Å². The van der Waals surface area contributed by atoms with Crippen LogP contribution in [-0.2, 0) is 9.47 Å². The fourth-order valence-electron chi connectivity index (χ4n) is 4.60. The molecule has 7 heteroatoms. The molecule has 0 N–H and O–H groups in total. The van der Waals surface area contributed by atoms with Crippen LogP contribution in [0.1, 0.15) is 25.7 Å². The zero-order valence-electron chi connectivity index (χ0n) is 13.0. The Labute approximate surface area is 140 Å². The lowest BCUT2D eigenvalue weighted by Gasteiger charge is -2.38. The number of ether oxygens (including phenoxy) is 2. The van der Waals surface area contributed by atoms with Crippen LogP contribution in [0.3, 0.4) is 0 Å². The Balaban J connectivity index is 1.51. The van der Waals surface area contributed by atoms with E-state index in [9.17, 15) is 0 Å². The van der Waals surface area contributed by atoms with Crippen LogP contribution in [0.25, 0.3) is 0 Å². The van der Waals surface area contributed by atoms with Gasteiger partial charge in [0, 0.05) is 6.07 Å². The van der Waals surface area contributed by atoms with Gasteiger partial charge in [0.05, 0.1) is 50.6 Å². The summed E-state index contributed by atoms with van der Waals surface area (Å²) in [6, 6.07) is 3.54. The lowest BCUT2D eigenvalue weighted by molar-refractivity contribution is 0.0888. The van der Waals surface area contributed by atoms with Crippen molar-refractivity contribution in [2.24, 2.45) is 0 Å². The largest absolute Gasteiger partial charge is 0.377 e. The Morgan fingerprint density at radius 3 is 1.91 bits per heavy atom. The van der Waals surface area contributed by atoms with E-state index in [1.165, 1.54) is 12.8 Å². The van der Waals surface area contributed by atoms with Crippen LogP contribution in [0, 0.1) is 0 Å².